The van der Waals surface area contributed by atoms with Crippen LogP contribution in [0, 0.1) is 0 Å². The summed E-state index contributed by atoms with van der Waals surface area (Å²) in [7, 11) is 0. The molecule has 19 heavy (non-hydrogen) atoms. The summed E-state index contributed by atoms with van der Waals surface area (Å²) in [6, 6.07) is 0. The number of thioether (sulfide) groups is 1. The number of carbonyl (C=O) groups excluding carboxylic acids is 1. The highest BCUT2D eigenvalue weighted by atomic mass is 32.2. The lowest BCUT2D eigenvalue weighted by molar-refractivity contribution is -0.132. The van der Waals surface area contributed by atoms with E-state index in [-0.39, 0.29) is 0 Å². The molecule has 110 valence electrons. The van der Waals surface area contributed by atoms with Crippen molar-refractivity contribution in [2.45, 2.75) is 75.9 Å². The van der Waals surface area contributed by atoms with E-state index in [0.717, 1.165) is 31.2 Å². The van der Waals surface area contributed by atoms with Gasteiger partial charge in [-0.1, -0.05) is 32.1 Å². The standard InChI is InChI=1S/C16H29NOS/c18-16(17-12-8-5-9-13-17)11-7-4-2-1-3-6-10-15-14-19-15/h15H,1-14H2. The predicted molar refractivity (Wildman–Crippen MR) is 83.6 cm³/mol. The van der Waals surface area contributed by atoms with Crippen molar-refractivity contribution < 1.29 is 4.79 Å². The maximum atomic E-state index is 11.9. The Labute approximate surface area is 122 Å². The first kappa shape index (κ1) is 15.2. The third kappa shape index (κ3) is 6.69. The van der Waals surface area contributed by atoms with Gasteiger partial charge in [0.05, 0.1) is 0 Å². The van der Waals surface area contributed by atoms with Crippen molar-refractivity contribution in [3.8, 4) is 0 Å². The minimum atomic E-state index is 0.408. The fourth-order valence-corrected chi connectivity index (χ4v) is 3.53. The molecule has 2 heterocycles. The summed E-state index contributed by atoms with van der Waals surface area (Å²) in [5, 5.41) is 1.02. The van der Waals surface area contributed by atoms with Crippen LogP contribution in [0.1, 0.15) is 70.6 Å². The number of nitrogens with zero attached hydrogens (tertiary/aromatic N) is 1. The smallest absolute Gasteiger partial charge is 0.222 e. The fraction of sp³-hybridized carbons (Fsp3) is 0.938. The number of unbranched alkanes of at least 4 members (excludes halogenated alkanes) is 5. The molecule has 2 rings (SSSR count). The molecule has 2 fully saturated rings. The molecule has 2 saturated heterocycles. The molecule has 0 aromatic rings. The molecular formula is C16H29NOS. The van der Waals surface area contributed by atoms with Crippen LogP contribution < -0.4 is 0 Å². The summed E-state index contributed by atoms with van der Waals surface area (Å²) in [6.45, 7) is 2.02. The minimum Gasteiger partial charge on any atom is -0.343 e. The van der Waals surface area contributed by atoms with E-state index in [1.807, 2.05) is 0 Å². The van der Waals surface area contributed by atoms with Crippen molar-refractivity contribution in [2.75, 3.05) is 18.8 Å². The molecule has 2 aliphatic rings. The van der Waals surface area contributed by atoms with Crippen molar-refractivity contribution >= 4 is 17.7 Å². The van der Waals surface area contributed by atoms with E-state index in [1.165, 1.54) is 63.5 Å². The molecule has 3 heteroatoms. The highest BCUT2D eigenvalue weighted by Gasteiger charge is 2.20. The Bertz CT molecular complexity index is 259. The average molecular weight is 283 g/mol. The Kier molecular flexibility index (Phi) is 7.11. The first-order valence-corrected chi connectivity index (χ1v) is 9.30. The Hall–Kier alpha value is -0.180. The molecule has 0 aromatic heterocycles. The lowest BCUT2D eigenvalue weighted by Crippen LogP contribution is -2.35. The van der Waals surface area contributed by atoms with E-state index in [1.54, 1.807) is 0 Å². The van der Waals surface area contributed by atoms with Gasteiger partial charge in [-0.3, -0.25) is 4.79 Å². The summed E-state index contributed by atoms with van der Waals surface area (Å²) in [4.78, 5) is 14.0. The van der Waals surface area contributed by atoms with Crippen molar-refractivity contribution in [2.24, 2.45) is 0 Å². The van der Waals surface area contributed by atoms with Gasteiger partial charge in [-0.15, -0.1) is 0 Å². The van der Waals surface area contributed by atoms with Gasteiger partial charge in [0.25, 0.3) is 0 Å². The normalized spacial score (nSPS) is 22.5. The lowest BCUT2D eigenvalue weighted by atomic mass is 10.1. The van der Waals surface area contributed by atoms with E-state index < -0.39 is 0 Å². The summed E-state index contributed by atoms with van der Waals surface area (Å²) in [5.41, 5.74) is 0. The van der Waals surface area contributed by atoms with E-state index in [9.17, 15) is 4.79 Å². The van der Waals surface area contributed by atoms with Crippen LogP contribution in [0.2, 0.25) is 0 Å². The Morgan fingerprint density at radius 3 is 2.26 bits per heavy atom. The molecule has 2 aliphatic heterocycles. The number of rotatable bonds is 9. The van der Waals surface area contributed by atoms with Crippen molar-refractivity contribution in [1.29, 1.82) is 0 Å². The topological polar surface area (TPSA) is 20.3 Å². The van der Waals surface area contributed by atoms with Crippen LogP contribution in [0.15, 0.2) is 0 Å². The molecule has 1 amide bonds. The molecule has 2 nitrogen and oxygen atoms in total. The van der Waals surface area contributed by atoms with Gasteiger partial charge in [0.2, 0.25) is 5.91 Å². The van der Waals surface area contributed by atoms with Crippen molar-refractivity contribution in [3.63, 3.8) is 0 Å². The molecule has 1 unspecified atom stereocenters. The second-order valence-corrected chi connectivity index (χ2v) is 7.39. The Morgan fingerprint density at radius 1 is 0.947 bits per heavy atom. The highest BCUT2D eigenvalue weighted by molar-refractivity contribution is 8.06. The lowest BCUT2D eigenvalue weighted by Gasteiger charge is -2.26. The Morgan fingerprint density at radius 2 is 1.58 bits per heavy atom. The predicted octanol–water partition coefficient (Wildman–Crippen LogP) is 4.24. The van der Waals surface area contributed by atoms with Gasteiger partial charge in [-0.05, 0) is 32.1 Å². The van der Waals surface area contributed by atoms with Gasteiger partial charge < -0.3 is 4.90 Å². The zero-order valence-corrected chi connectivity index (χ0v) is 13.1. The van der Waals surface area contributed by atoms with Crippen molar-refractivity contribution in [3.05, 3.63) is 0 Å². The number of piperidine rings is 1. The summed E-state index contributed by atoms with van der Waals surface area (Å²) < 4.78 is 0. The molecular weight excluding hydrogens is 254 g/mol. The largest absolute Gasteiger partial charge is 0.343 e. The first-order valence-electron chi connectivity index (χ1n) is 8.25. The van der Waals surface area contributed by atoms with Crippen molar-refractivity contribution in [1.82, 2.24) is 4.90 Å². The zero-order chi connectivity index (χ0) is 13.3. The van der Waals surface area contributed by atoms with Crippen LogP contribution in [-0.2, 0) is 4.79 Å². The SMILES string of the molecule is O=C(CCCCCCCCC1CS1)N1CCCCC1. The van der Waals surface area contributed by atoms with E-state index in [2.05, 4.69) is 16.7 Å². The highest BCUT2D eigenvalue weighted by Crippen LogP contribution is 2.34. The zero-order valence-electron chi connectivity index (χ0n) is 12.2. The molecule has 0 spiro atoms. The summed E-state index contributed by atoms with van der Waals surface area (Å²) >= 11 is 2.11. The van der Waals surface area contributed by atoms with Crippen LogP contribution in [0.4, 0.5) is 0 Å². The van der Waals surface area contributed by atoms with E-state index in [0.29, 0.717) is 5.91 Å². The quantitative estimate of drug-likeness (QED) is 0.466. The van der Waals surface area contributed by atoms with Gasteiger partial charge in [0, 0.05) is 30.5 Å². The number of carbonyl (C=O) groups is 1. The Balaban J connectivity index is 1.37. The second kappa shape index (κ2) is 8.89. The number of hydrogen-bond acceptors (Lipinski definition) is 2. The molecule has 0 N–H and O–H groups in total. The third-order valence-corrected chi connectivity index (χ3v) is 5.32. The van der Waals surface area contributed by atoms with E-state index in [4.69, 9.17) is 0 Å². The number of likely N-dealkylation sites (tertiary alicyclic amines) is 1. The molecule has 0 saturated carbocycles. The molecule has 0 aromatic carbocycles. The van der Waals surface area contributed by atoms with Gasteiger partial charge in [-0.25, -0.2) is 0 Å². The average Bonchev–Trinajstić information content (AvgIpc) is 3.26. The first-order chi connectivity index (χ1) is 9.36. The minimum absolute atomic E-state index is 0.408. The molecule has 0 aliphatic carbocycles. The maximum absolute atomic E-state index is 11.9. The fourth-order valence-electron chi connectivity index (χ4n) is 2.89. The number of hydrogen-bond donors (Lipinski definition) is 0. The van der Waals surface area contributed by atoms with E-state index >= 15 is 0 Å². The van der Waals surface area contributed by atoms with Crippen LogP contribution in [0.25, 0.3) is 0 Å². The van der Waals surface area contributed by atoms with Gasteiger partial charge in [0.15, 0.2) is 0 Å². The van der Waals surface area contributed by atoms with Crippen LogP contribution >= 0.6 is 11.8 Å². The third-order valence-electron chi connectivity index (χ3n) is 4.28. The second-order valence-electron chi connectivity index (χ2n) is 6.06. The van der Waals surface area contributed by atoms with Gasteiger partial charge in [-0.2, -0.15) is 11.8 Å². The van der Waals surface area contributed by atoms with Crippen LogP contribution in [-0.4, -0.2) is 34.9 Å². The molecule has 0 bridgehead atoms. The number of amides is 1. The van der Waals surface area contributed by atoms with Crippen LogP contribution in [0.5, 0.6) is 0 Å². The monoisotopic (exact) mass is 283 g/mol. The van der Waals surface area contributed by atoms with Crippen LogP contribution in [0.3, 0.4) is 0 Å². The van der Waals surface area contributed by atoms with Gasteiger partial charge in [0.1, 0.15) is 0 Å². The maximum Gasteiger partial charge on any atom is 0.222 e. The van der Waals surface area contributed by atoms with Gasteiger partial charge >= 0.3 is 0 Å². The summed E-state index contributed by atoms with van der Waals surface area (Å²) in [6.07, 6.45) is 13.8. The molecule has 0 radical (unpaired) electrons. The molecule has 1 atom stereocenters. The summed E-state index contributed by atoms with van der Waals surface area (Å²) in [5.74, 6) is 1.82.